The number of fused-ring (bicyclic) bond motifs is 1. The minimum atomic E-state index is -0.0479. The Morgan fingerprint density at radius 3 is 2.94 bits per heavy atom. The van der Waals surface area contributed by atoms with E-state index in [4.69, 9.17) is 16.3 Å². The van der Waals surface area contributed by atoms with Gasteiger partial charge in [0.2, 0.25) is 0 Å². The molecule has 1 aromatic heterocycles. The number of anilines is 1. The molecule has 0 bridgehead atoms. The van der Waals surface area contributed by atoms with E-state index in [0.717, 1.165) is 16.7 Å². The van der Waals surface area contributed by atoms with E-state index in [1.807, 2.05) is 36.4 Å². The molecule has 0 aliphatic carbocycles. The zero-order valence-corrected chi connectivity index (χ0v) is 10.4. The minimum absolute atomic E-state index is 0.0479. The Morgan fingerprint density at radius 1 is 1.29 bits per heavy atom. The van der Waals surface area contributed by atoms with Gasteiger partial charge in [-0.1, -0.05) is 18.2 Å². The molecule has 0 aliphatic heterocycles. The average molecular weight is 251 g/mol. The number of ether oxygens (including phenoxy) is 1. The lowest BCUT2D eigenvalue weighted by molar-refractivity contribution is 0.200. The molecule has 1 aromatic carbocycles. The van der Waals surface area contributed by atoms with Crippen molar-refractivity contribution in [1.29, 1.82) is 0 Å². The summed E-state index contributed by atoms with van der Waals surface area (Å²) in [5.41, 5.74) is 0.982. The second-order valence-electron chi connectivity index (χ2n) is 3.82. The number of pyridine rings is 1. The molecular weight excluding hydrogens is 236 g/mol. The Hall–Kier alpha value is -1.32. The molecule has 1 heterocycles. The molecule has 0 radical (unpaired) electrons. The van der Waals surface area contributed by atoms with Crippen LogP contribution in [0.3, 0.4) is 0 Å². The number of rotatable bonds is 5. The van der Waals surface area contributed by atoms with Crippen molar-refractivity contribution < 1.29 is 4.74 Å². The fraction of sp³-hybridized carbons (Fsp3) is 0.308. The molecular formula is C13H15ClN2O. The molecule has 0 fully saturated rings. The van der Waals surface area contributed by atoms with Gasteiger partial charge in [0, 0.05) is 19.0 Å². The van der Waals surface area contributed by atoms with Gasteiger partial charge in [0.15, 0.2) is 0 Å². The van der Waals surface area contributed by atoms with Crippen molar-refractivity contribution in [3.63, 3.8) is 0 Å². The van der Waals surface area contributed by atoms with Crippen LogP contribution >= 0.6 is 11.6 Å². The number of benzene rings is 1. The third kappa shape index (κ3) is 3.32. The number of hydrogen-bond acceptors (Lipinski definition) is 3. The molecule has 90 valence electrons. The van der Waals surface area contributed by atoms with Crippen molar-refractivity contribution in [2.45, 2.75) is 5.38 Å². The maximum atomic E-state index is 6.03. The highest BCUT2D eigenvalue weighted by molar-refractivity contribution is 6.21. The molecule has 0 saturated heterocycles. The molecule has 1 atom stereocenters. The van der Waals surface area contributed by atoms with E-state index in [2.05, 4.69) is 10.3 Å². The van der Waals surface area contributed by atoms with E-state index in [1.165, 1.54) is 0 Å². The number of methoxy groups -OCH3 is 1. The van der Waals surface area contributed by atoms with Crippen molar-refractivity contribution in [3.05, 3.63) is 36.4 Å². The highest BCUT2D eigenvalue weighted by Gasteiger charge is 2.04. The predicted molar refractivity (Wildman–Crippen MR) is 71.7 cm³/mol. The fourth-order valence-electron chi connectivity index (χ4n) is 1.62. The molecule has 17 heavy (non-hydrogen) atoms. The van der Waals surface area contributed by atoms with Gasteiger partial charge in [-0.15, -0.1) is 11.6 Å². The molecule has 3 nitrogen and oxygen atoms in total. The van der Waals surface area contributed by atoms with Gasteiger partial charge in [0.05, 0.1) is 17.5 Å². The first kappa shape index (κ1) is 12.1. The molecule has 0 saturated carbocycles. The van der Waals surface area contributed by atoms with Crippen molar-refractivity contribution in [1.82, 2.24) is 4.98 Å². The average Bonchev–Trinajstić information content (AvgIpc) is 2.36. The number of hydrogen-bond donors (Lipinski definition) is 1. The lowest BCUT2D eigenvalue weighted by atomic mass is 10.2. The third-order valence-electron chi connectivity index (χ3n) is 2.45. The summed E-state index contributed by atoms with van der Waals surface area (Å²) in [5, 5.41) is 4.29. The Balaban J connectivity index is 2.04. The summed E-state index contributed by atoms with van der Waals surface area (Å²) in [5.74, 6) is 0.838. The number of nitrogens with one attached hydrogen (secondary N) is 1. The molecule has 1 unspecified atom stereocenters. The Labute approximate surface area is 106 Å². The van der Waals surface area contributed by atoms with E-state index >= 15 is 0 Å². The summed E-state index contributed by atoms with van der Waals surface area (Å²) in [4.78, 5) is 4.50. The van der Waals surface area contributed by atoms with Gasteiger partial charge in [0.25, 0.3) is 0 Å². The van der Waals surface area contributed by atoms with Crippen LogP contribution in [-0.2, 0) is 4.74 Å². The number of nitrogens with zero attached hydrogens (tertiary/aromatic N) is 1. The van der Waals surface area contributed by atoms with Gasteiger partial charge in [-0.3, -0.25) is 0 Å². The molecule has 2 rings (SSSR count). The van der Waals surface area contributed by atoms with Crippen molar-refractivity contribution in [3.8, 4) is 0 Å². The number of alkyl halides is 1. The van der Waals surface area contributed by atoms with E-state index in [0.29, 0.717) is 13.2 Å². The fourth-order valence-corrected chi connectivity index (χ4v) is 1.82. The number of aromatic nitrogens is 1. The van der Waals surface area contributed by atoms with Crippen LogP contribution < -0.4 is 5.32 Å². The van der Waals surface area contributed by atoms with E-state index in [9.17, 15) is 0 Å². The Kier molecular flexibility index (Phi) is 4.18. The topological polar surface area (TPSA) is 34.1 Å². The summed E-state index contributed by atoms with van der Waals surface area (Å²) in [6, 6.07) is 12.0. The molecule has 0 amide bonds. The van der Waals surface area contributed by atoms with E-state index in [-0.39, 0.29) is 5.38 Å². The lowest BCUT2D eigenvalue weighted by Gasteiger charge is -2.10. The highest BCUT2D eigenvalue weighted by atomic mass is 35.5. The zero-order chi connectivity index (χ0) is 12.1. The molecule has 0 aliphatic rings. The van der Waals surface area contributed by atoms with Gasteiger partial charge in [-0.05, 0) is 18.2 Å². The van der Waals surface area contributed by atoms with Crippen LogP contribution in [0.4, 0.5) is 5.82 Å². The Bertz CT molecular complexity index is 490. The van der Waals surface area contributed by atoms with Gasteiger partial charge < -0.3 is 10.1 Å². The van der Waals surface area contributed by atoms with Crippen LogP contribution in [0.5, 0.6) is 0 Å². The summed E-state index contributed by atoms with van der Waals surface area (Å²) >= 11 is 6.03. The lowest BCUT2D eigenvalue weighted by Crippen LogP contribution is -2.19. The van der Waals surface area contributed by atoms with Gasteiger partial charge in [-0.2, -0.15) is 0 Å². The predicted octanol–water partition coefficient (Wildman–Crippen LogP) is 2.90. The maximum absolute atomic E-state index is 6.03. The first-order valence-corrected chi connectivity index (χ1v) is 5.96. The molecule has 4 heteroatoms. The second kappa shape index (κ2) is 5.84. The first-order valence-electron chi connectivity index (χ1n) is 5.52. The largest absolute Gasteiger partial charge is 0.383 e. The molecule has 2 aromatic rings. The van der Waals surface area contributed by atoms with Crippen molar-refractivity contribution in [2.24, 2.45) is 0 Å². The summed E-state index contributed by atoms with van der Waals surface area (Å²) in [6.07, 6.45) is 0. The number of halogens is 1. The second-order valence-corrected chi connectivity index (χ2v) is 4.44. The SMILES string of the molecule is COCC(Cl)CNc1ccc2ccccc2n1. The van der Waals surface area contributed by atoms with Gasteiger partial charge in [-0.25, -0.2) is 4.98 Å². The van der Waals surface area contributed by atoms with Crippen molar-refractivity contribution >= 4 is 28.3 Å². The van der Waals surface area contributed by atoms with E-state index in [1.54, 1.807) is 7.11 Å². The smallest absolute Gasteiger partial charge is 0.126 e. The van der Waals surface area contributed by atoms with Gasteiger partial charge in [0.1, 0.15) is 5.82 Å². The Morgan fingerprint density at radius 2 is 2.12 bits per heavy atom. The maximum Gasteiger partial charge on any atom is 0.126 e. The summed E-state index contributed by atoms with van der Waals surface area (Å²) in [7, 11) is 1.64. The molecule has 1 N–H and O–H groups in total. The first-order chi connectivity index (χ1) is 8.29. The minimum Gasteiger partial charge on any atom is -0.383 e. The summed E-state index contributed by atoms with van der Waals surface area (Å²) in [6.45, 7) is 1.17. The van der Waals surface area contributed by atoms with Crippen molar-refractivity contribution in [2.75, 3.05) is 25.6 Å². The zero-order valence-electron chi connectivity index (χ0n) is 9.69. The monoisotopic (exact) mass is 250 g/mol. The normalized spacial score (nSPS) is 12.6. The number of para-hydroxylation sites is 1. The van der Waals surface area contributed by atoms with E-state index < -0.39 is 0 Å². The van der Waals surface area contributed by atoms with Crippen LogP contribution in [0.25, 0.3) is 10.9 Å². The van der Waals surface area contributed by atoms with Crippen LogP contribution in [0.1, 0.15) is 0 Å². The van der Waals surface area contributed by atoms with Crippen LogP contribution in [0, 0.1) is 0 Å². The van der Waals surface area contributed by atoms with Gasteiger partial charge >= 0.3 is 0 Å². The quantitative estimate of drug-likeness (QED) is 0.829. The van der Waals surface area contributed by atoms with Crippen LogP contribution in [-0.4, -0.2) is 30.6 Å². The third-order valence-corrected chi connectivity index (χ3v) is 2.73. The standard InChI is InChI=1S/C13H15ClN2O/c1-17-9-11(14)8-15-13-7-6-10-4-2-3-5-12(10)16-13/h2-7,11H,8-9H2,1H3,(H,15,16). The van der Waals surface area contributed by atoms with Crippen LogP contribution in [0.15, 0.2) is 36.4 Å². The molecule has 0 spiro atoms. The highest BCUT2D eigenvalue weighted by Crippen LogP contribution is 2.14. The van der Waals surface area contributed by atoms with Crippen LogP contribution in [0.2, 0.25) is 0 Å². The summed E-state index contributed by atoms with van der Waals surface area (Å²) < 4.78 is 4.97.